The van der Waals surface area contributed by atoms with Crippen LogP contribution in [0.25, 0.3) is 15.2 Å². The fourth-order valence-corrected chi connectivity index (χ4v) is 6.64. The lowest BCUT2D eigenvalue weighted by molar-refractivity contribution is -0.133. The van der Waals surface area contributed by atoms with Crippen molar-refractivity contribution in [1.82, 2.24) is 29.0 Å². The van der Waals surface area contributed by atoms with Crippen LogP contribution in [0.5, 0.6) is 5.75 Å². The summed E-state index contributed by atoms with van der Waals surface area (Å²) in [6, 6.07) is 3.46. The van der Waals surface area contributed by atoms with Crippen molar-refractivity contribution in [1.29, 1.82) is 0 Å². The molecule has 0 radical (unpaired) electrons. The molecule has 0 bridgehead atoms. The number of methoxy groups -OCH3 is 1. The number of amides is 1. The largest absolute Gasteiger partial charge is 0.496 e. The van der Waals surface area contributed by atoms with Crippen molar-refractivity contribution in [3.8, 4) is 10.8 Å². The van der Waals surface area contributed by atoms with Gasteiger partial charge in [0.2, 0.25) is 5.91 Å². The van der Waals surface area contributed by atoms with Crippen LogP contribution >= 0.6 is 11.3 Å². The first-order valence-electron chi connectivity index (χ1n) is 13.7. The summed E-state index contributed by atoms with van der Waals surface area (Å²) in [4.78, 5) is 44.5. The second-order valence-corrected chi connectivity index (χ2v) is 11.4. The molecule has 3 aromatic heterocycles. The second kappa shape index (κ2) is 12.2. The smallest absolute Gasteiger partial charge is 0.332 e. The lowest BCUT2D eigenvalue weighted by atomic mass is 10.1. The Morgan fingerprint density at radius 2 is 1.98 bits per heavy atom. The zero-order valence-corrected chi connectivity index (χ0v) is 24.6. The molecule has 42 heavy (non-hydrogen) atoms. The Hall–Kier alpha value is -3.88. The Bertz CT molecular complexity index is 1710. The number of hydrogen-bond acceptors (Lipinski definition) is 9. The number of benzene rings is 1. The minimum absolute atomic E-state index is 0.0404. The van der Waals surface area contributed by atoms with Crippen molar-refractivity contribution in [2.75, 3.05) is 33.4 Å². The molecule has 224 valence electrons. The molecule has 0 aliphatic carbocycles. The molecule has 1 aliphatic heterocycles. The molecule has 1 N–H and O–H groups in total. The summed E-state index contributed by atoms with van der Waals surface area (Å²) in [5.74, 6) is -0.431. The van der Waals surface area contributed by atoms with E-state index in [1.54, 1.807) is 11.8 Å². The molecule has 1 saturated heterocycles. The molecular formula is C28H33FN6O6S. The highest BCUT2D eigenvalue weighted by Gasteiger charge is 2.33. The molecule has 2 atom stereocenters. The number of aliphatic hydroxyl groups excluding tert-OH is 1. The third-order valence-corrected chi connectivity index (χ3v) is 8.73. The zero-order valence-electron chi connectivity index (χ0n) is 23.8. The number of aryl methyl sites for hydroxylation is 1. The van der Waals surface area contributed by atoms with Gasteiger partial charge in [0, 0.05) is 30.1 Å². The topological polar surface area (TPSA) is 134 Å². The number of aromatic nitrogens is 5. The van der Waals surface area contributed by atoms with Gasteiger partial charge in [0.15, 0.2) is 0 Å². The maximum Gasteiger partial charge on any atom is 0.332 e. The van der Waals surface area contributed by atoms with Crippen LogP contribution < -0.4 is 16.0 Å². The van der Waals surface area contributed by atoms with Gasteiger partial charge in [0.25, 0.3) is 5.56 Å². The van der Waals surface area contributed by atoms with Gasteiger partial charge >= 0.3 is 5.69 Å². The molecular weight excluding hydrogens is 567 g/mol. The number of likely N-dealkylation sites (tertiary alicyclic amines) is 1. The average molecular weight is 601 g/mol. The number of carbonyl (C=O) groups excluding carboxylic acids is 1. The molecule has 1 amide bonds. The van der Waals surface area contributed by atoms with Crippen LogP contribution in [0.15, 0.2) is 40.2 Å². The Labute approximate surface area is 244 Å². The Balaban J connectivity index is 1.71. The van der Waals surface area contributed by atoms with E-state index in [1.807, 2.05) is 13.8 Å². The summed E-state index contributed by atoms with van der Waals surface area (Å²) in [7, 11) is 1.45. The summed E-state index contributed by atoms with van der Waals surface area (Å²) in [6.45, 7) is 5.58. The molecule has 1 fully saturated rings. The molecule has 1 unspecified atom stereocenters. The van der Waals surface area contributed by atoms with E-state index in [0.29, 0.717) is 45.1 Å². The van der Waals surface area contributed by atoms with Crippen LogP contribution in [0.2, 0.25) is 0 Å². The van der Waals surface area contributed by atoms with Crippen molar-refractivity contribution < 1.29 is 23.8 Å². The molecule has 14 heteroatoms. The zero-order chi connectivity index (χ0) is 30.1. The summed E-state index contributed by atoms with van der Waals surface area (Å²) < 4.78 is 28.5. The number of hydrogen-bond donors (Lipinski definition) is 1. The van der Waals surface area contributed by atoms with Gasteiger partial charge in [-0.05, 0) is 31.5 Å². The predicted molar refractivity (Wildman–Crippen MR) is 154 cm³/mol. The molecule has 1 aliphatic rings. The minimum Gasteiger partial charge on any atom is -0.496 e. The number of thiophene rings is 1. The monoisotopic (exact) mass is 600 g/mol. The van der Waals surface area contributed by atoms with Crippen LogP contribution in [0.3, 0.4) is 0 Å². The van der Waals surface area contributed by atoms with Crippen LogP contribution in [0.1, 0.15) is 43.5 Å². The maximum absolute atomic E-state index is 14.4. The highest BCUT2D eigenvalue weighted by molar-refractivity contribution is 7.21. The number of ether oxygens (including phenoxy) is 2. The number of fused-ring (bicyclic) bond motifs is 1. The van der Waals surface area contributed by atoms with Gasteiger partial charge in [-0.1, -0.05) is 25.2 Å². The van der Waals surface area contributed by atoms with E-state index in [2.05, 4.69) is 10.2 Å². The number of nitrogens with zero attached hydrogens (tertiary/aromatic N) is 6. The maximum atomic E-state index is 14.4. The summed E-state index contributed by atoms with van der Waals surface area (Å²) in [5, 5.41) is 18.8. The van der Waals surface area contributed by atoms with Gasteiger partial charge in [0.1, 0.15) is 27.5 Å². The van der Waals surface area contributed by atoms with E-state index >= 15 is 0 Å². The van der Waals surface area contributed by atoms with Crippen LogP contribution in [-0.4, -0.2) is 73.5 Å². The van der Waals surface area contributed by atoms with Crippen molar-refractivity contribution in [2.45, 2.75) is 45.9 Å². The van der Waals surface area contributed by atoms with Crippen molar-refractivity contribution in [3.05, 3.63) is 68.4 Å². The van der Waals surface area contributed by atoms with E-state index in [-0.39, 0.29) is 38.1 Å². The first kappa shape index (κ1) is 29.6. The van der Waals surface area contributed by atoms with Gasteiger partial charge in [-0.25, -0.2) is 9.18 Å². The average Bonchev–Trinajstić information content (AvgIpc) is 3.73. The van der Waals surface area contributed by atoms with Gasteiger partial charge in [0.05, 0.1) is 50.7 Å². The highest BCUT2D eigenvalue weighted by atomic mass is 32.1. The van der Waals surface area contributed by atoms with E-state index in [9.17, 15) is 23.9 Å². The first-order valence-corrected chi connectivity index (χ1v) is 14.5. The molecule has 0 saturated carbocycles. The third kappa shape index (κ3) is 5.37. The Morgan fingerprint density at radius 1 is 1.24 bits per heavy atom. The van der Waals surface area contributed by atoms with Gasteiger partial charge in [-0.3, -0.25) is 18.7 Å². The molecule has 0 spiro atoms. The van der Waals surface area contributed by atoms with Crippen molar-refractivity contribution in [2.24, 2.45) is 5.92 Å². The number of aliphatic hydroxyl groups is 1. The Kier molecular flexibility index (Phi) is 8.57. The SMILES string of the molecule is COc1ccc(F)cc1C(Cn1c(=O)n([C@@H]2CCN(C(=O)C(C)C)C2)c(=O)c2c(C)c(-n3nccn3)sc21)OCCO. The molecule has 4 heterocycles. The fraction of sp³-hybridized carbons (Fsp3) is 0.464. The van der Waals surface area contributed by atoms with Gasteiger partial charge < -0.3 is 19.5 Å². The van der Waals surface area contributed by atoms with Gasteiger partial charge in [-0.2, -0.15) is 10.2 Å². The third-order valence-electron chi connectivity index (χ3n) is 7.45. The lowest BCUT2D eigenvalue weighted by Gasteiger charge is -2.23. The number of carbonyl (C=O) groups is 1. The number of halogens is 1. The van der Waals surface area contributed by atoms with Gasteiger partial charge in [-0.15, -0.1) is 4.80 Å². The van der Waals surface area contributed by atoms with E-state index in [0.717, 1.165) is 0 Å². The molecule has 1 aromatic carbocycles. The predicted octanol–water partition coefficient (Wildman–Crippen LogP) is 2.44. The lowest BCUT2D eigenvalue weighted by Crippen LogP contribution is -2.44. The normalized spacial score (nSPS) is 16.1. The second-order valence-electron chi connectivity index (χ2n) is 10.4. The quantitative estimate of drug-likeness (QED) is 0.294. The standard InChI is InChI=1S/C28H33FN6O6S/c1-16(2)24(37)32-10-7-19(14-32)34-25(38)23-17(3)26(35-30-8-9-31-35)42-27(23)33(28(34)39)15-22(41-12-11-36)20-13-18(29)5-6-21(20)40-4/h5-6,8-9,13,16,19,22,36H,7,10-12,14-15H2,1-4H3/t19-,22?/m1/s1. The fourth-order valence-electron chi connectivity index (χ4n) is 5.42. The van der Waals surface area contributed by atoms with E-state index in [1.165, 1.54) is 63.0 Å². The Morgan fingerprint density at radius 3 is 2.64 bits per heavy atom. The van der Waals surface area contributed by atoms with Crippen LogP contribution in [0.4, 0.5) is 4.39 Å². The summed E-state index contributed by atoms with van der Waals surface area (Å²) in [6.07, 6.45) is 2.57. The minimum atomic E-state index is -0.911. The molecule has 12 nitrogen and oxygen atoms in total. The van der Waals surface area contributed by atoms with Crippen LogP contribution in [0, 0.1) is 18.7 Å². The number of rotatable bonds is 10. The molecule has 5 rings (SSSR count). The van der Waals surface area contributed by atoms with Crippen LogP contribution in [-0.2, 0) is 16.1 Å². The van der Waals surface area contributed by atoms with E-state index in [4.69, 9.17) is 9.47 Å². The van der Waals surface area contributed by atoms with E-state index < -0.39 is 29.2 Å². The summed E-state index contributed by atoms with van der Waals surface area (Å²) >= 11 is 1.18. The highest BCUT2D eigenvalue weighted by Crippen LogP contribution is 2.34. The molecule has 4 aromatic rings. The van der Waals surface area contributed by atoms with Crippen molar-refractivity contribution >= 4 is 27.5 Å². The first-order chi connectivity index (χ1) is 20.2. The van der Waals surface area contributed by atoms with Crippen molar-refractivity contribution in [3.63, 3.8) is 0 Å². The summed E-state index contributed by atoms with van der Waals surface area (Å²) in [5.41, 5.74) is -0.0903.